The molecule has 0 heterocycles. The molecule has 0 aromatic carbocycles. The summed E-state index contributed by atoms with van der Waals surface area (Å²) in [4.78, 5) is 5.61. The third kappa shape index (κ3) is 37.4. The SMILES string of the molecule is CCCCCCCCCC(CCCCCCCC1CC1CCCCCCCC)N(C)CC(C)SSC(C)CN(C)C(CCCCCCCCC)CCCCCCCC1CC1CCCCCCCC. The molecule has 2 nitrogen and oxygen atoms in total. The van der Waals surface area contributed by atoms with Crippen LogP contribution in [0.2, 0.25) is 0 Å². The molecule has 68 heavy (non-hydrogen) atoms. The van der Waals surface area contributed by atoms with Gasteiger partial charge < -0.3 is 9.80 Å². The van der Waals surface area contributed by atoms with Gasteiger partial charge in [-0.15, -0.1) is 0 Å². The monoisotopic (exact) mass is 989 g/mol. The predicted molar refractivity (Wildman–Crippen MR) is 316 cm³/mol. The molecule has 0 aromatic heterocycles. The summed E-state index contributed by atoms with van der Waals surface area (Å²) in [5, 5.41) is 1.35. The van der Waals surface area contributed by atoms with E-state index in [1.807, 2.05) is 0 Å². The van der Waals surface area contributed by atoms with Gasteiger partial charge in [0.25, 0.3) is 0 Å². The van der Waals surface area contributed by atoms with Crippen LogP contribution in [0.3, 0.4) is 0 Å². The Labute approximate surface area is 439 Å². The van der Waals surface area contributed by atoms with E-state index in [1.165, 1.54) is 296 Å². The summed E-state index contributed by atoms with van der Waals surface area (Å²) >= 11 is 0. The molecule has 8 unspecified atom stereocenters. The Bertz CT molecular complexity index is 957. The molecule has 0 radical (unpaired) electrons. The number of unbranched alkanes of at least 4 members (excludes halogenated alkanes) is 30. The van der Waals surface area contributed by atoms with Crippen molar-refractivity contribution in [1.82, 2.24) is 9.80 Å². The second-order valence-electron chi connectivity index (χ2n) is 24.1. The third-order valence-corrected chi connectivity index (χ3v) is 20.6. The predicted octanol–water partition coefficient (Wildman–Crippen LogP) is 22.3. The average Bonchev–Trinajstić information content (AvgIpc) is 4.27. The van der Waals surface area contributed by atoms with E-state index in [-0.39, 0.29) is 0 Å². The summed E-state index contributed by atoms with van der Waals surface area (Å²) in [7, 11) is 9.36. The maximum atomic E-state index is 2.81. The zero-order chi connectivity index (χ0) is 49.1. The molecule has 2 aliphatic carbocycles. The lowest BCUT2D eigenvalue weighted by Gasteiger charge is -2.32. The van der Waals surface area contributed by atoms with Crippen LogP contribution in [0, 0.1) is 23.7 Å². The van der Waals surface area contributed by atoms with Crippen molar-refractivity contribution in [2.24, 2.45) is 23.7 Å². The Morgan fingerprint density at radius 3 is 0.750 bits per heavy atom. The van der Waals surface area contributed by atoms with Crippen molar-refractivity contribution in [3.8, 4) is 0 Å². The number of nitrogens with zero attached hydrogens (tertiary/aromatic N) is 2. The molecule has 0 N–H and O–H groups in total. The summed E-state index contributed by atoms with van der Waals surface area (Å²) in [6.07, 6.45) is 67.2. The maximum Gasteiger partial charge on any atom is 0.0250 e. The van der Waals surface area contributed by atoms with Crippen LogP contribution in [0.4, 0.5) is 0 Å². The number of rotatable bonds is 55. The van der Waals surface area contributed by atoms with E-state index in [0.717, 1.165) is 35.8 Å². The molecule has 4 heteroatoms. The molecule has 0 amide bonds. The summed E-state index contributed by atoms with van der Waals surface area (Å²) in [5.41, 5.74) is 0. The summed E-state index contributed by atoms with van der Waals surface area (Å²) in [6.45, 7) is 16.9. The van der Waals surface area contributed by atoms with E-state index in [4.69, 9.17) is 0 Å². The molecule has 0 bridgehead atoms. The Kier molecular flexibility index (Phi) is 44.0. The Balaban J connectivity index is 1.70. The Morgan fingerprint density at radius 1 is 0.309 bits per heavy atom. The number of hydrogen-bond acceptors (Lipinski definition) is 4. The first kappa shape index (κ1) is 64.7. The van der Waals surface area contributed by atoms with Crippen LogP contribution in [0.5, 0.6) is 0 Å². The van der Waals surface area contributed by atoms with Gasteiger partial charge >= 0.3 is 0 Å². The van der Waals surface area contributed by atoms with E-state index in [1.54, 1.807) is 12.8 Å². The minimum Gasteiger partial charge on any atom is -0.302 e. The normalized spacial score (nSPS) is 19.9. The van der Waals surface area contributed by atoms with Gasteiger partial charge in [-0.2, -0.15) is 0 Å². The lowest BCUT2D eigenvalue weighted by molar-refractivity contribution is 0.211. The van der Waals surface area contributed by atoms with Crippen molar-refractivity contribution < 1.29 is 0 Å². The standard InChI is InChI=1S/C64H128N2S2/c1-9-13-17-21-25-33-41-49-63(51-43-35-27-31-39-47-61-53-59(61)45-37-29-23-19-15-11-3)65(7)55-57(5)67-68-58(6)56-66(8)64(50-42-34-26-22-18-14-10-2)52-44-36-28-32-40-48-62-54-60(62)46-38-30-24-20-16-12-4/h57-64H,9-56H2,1-8H3. The van der Waals surface area contributed by atoms with E-state index >= 15 is 0 Å². The second-order valence-corrected chi connectivity index (χ2v) is 27.3. The van der Waals surface area contributed by atoms with Crippen LogP contribution in [0.25, 0.3) is 0 Å². The Morgan fingerprint density at radius 2 is 0.515 bits per heavy atom. The molecule has 0 saturated heterocycles. The van der Waals surface area contributed by atoms with Gasteiger partial charge in [0, 0.05) is 35.7 Å². The van der Waals surface area contributed by atoms with E-state index < -0.39 is 0 Å². The minimum absolute atomic E-state index is 0.677. The minimum atomic E-state index is 0.677. The van der Waals surface area contributed by atoms with Crippen LogP contribution < -0.4 is 0 Å². The Hall–Kier alpha value is 0.620. The highest BCUT2D eigenvalue weighted by molar-refractivity contribution is 8.77. The lowest BCUT2D eigenvalue weighted by atomic mass is 9.98. The second kappa shape index (κ2) is 46.2. The quantitative estimate of drug-likeness (QED) is 0.0442. The molecule has 2 fully saturated rings. The zero-order valence-corrected chi connectivity index (χ0v) is 49.9. The van der Waals surface area contributed by atoms with E-state index in [0.29, 0.717) is 10.5 Å². The van der Waals surface area contributed by atoms with Gasteiger partial charge in [-0.3, -0.25) is 0 Å². The first-order valence-corrected chi connectivity index (χ1v) is 34.3. The number of hydrogen-bond donors (Lipinski definition) is 0. The van der Waals surface area contributed by atoms with Crippen LogP contribution in [0.1, 0.15) is 337 Å². The van der Waals surface area contributed by atoms with E-state index in [9.17, 15) is 0 Å². The highest BCUT2D eigenvalue weighted by Crippen LogP contribution is 2.47. The van der Waals surface area contributed by atoms with Gasteiger partial charge in [0.1, 0.15) is 0 Å². The molecule has 2 aliphatic rings. The molecule has 0 aliphatic heterocycles. The largest absolute Gasteiger partial charge is 0.302 e. The highest BCUT2D eigenvalue weighted by atomic mass is 33.1. The van der Waals surface area contributed by atoms with Crippen molar-refractivity contribution in [1.29, 1.82) is 0 Å². The van der Waals surface area contributed by atoms with Gasteiger partial charge in [0.15, 0.2) is 0 Å². The van der Waals surface area contributed by atoms with Crippen LogP contribution in [-0.4, -0.2) is 59.6 Å². The highest BCUT2D eigenvalue weighted by Gasteiger charge is 2.36. The van der Waals surface area contributed by atoms with Crippen molar-refractivity contribution in [2.45, 2.75) is 359 Å². The fourth-order valence-corrected chi connectivity index (χ4v) is 14.7. The molecule has 8 atom stereocenters. The summed E-state index contributed by atoms with van der Waals surface area (Å²) < 4.78 is 0. The van der Waals surface area contributed by atoms with Gasteiger partial charge in [-0.05, 0) is 76.3 Å². The zero-order valence-electron chi connectivity index (χ0n) is 48.3. The molecule has 2 rings (SSSR count). The lowest BCUT2D eigenvalue weighted by Crippen LogP contribution is -2.36. The van der Waals surface area contributed by atoms with Crippen molar-refractivity contribution in [3.05, 3.63) is 0 Å². The topological polar surface area (TPSA) is 6.48 Å². The van der Waals surface area contributed by atoms with Gasteiger partial charge in [0.05, 0.1) is 0 Å². The average molecular weight is 990 g/mol. The summed E-state index contributed by atoms with van der Waals surface area (Å²) in [5.74, 6) is 4.41. The molecular weight excluding hydrogens is 861 g/mol. The molecular formula is C64H128N2S2. The van der Waals surface area contributed by atoms with Gasteiger partial charge in [0.2, 0.25) is 0 Å². The van der Waals surface area contributed by atoms with E-state index in [2.05, 4.69) is 87.0 Å². The van der Waals surface area contributed by atoms with Crippen molar-refractivity contribution >= 4 is 21.6 Å². The van der Waals surface area contributed by atoms with Gasteiger partial charge in [-0.25, -0.2) is 0 Å². The van der Waals surface area contributed by atoms with Crippen LogP contribution in [-0.2, 0) is 0 Å². The molecule has 406 valence electrons. The fraction of sp³-hybridized carbons (Fsp3) is 1.00. The fourth-order valence-electron chi connectivity index (χ4n) is 12.2. The smallest absolute Gasteiger partial charge is 0.0250 e. The van der Waals surface area contributed by atoms with Gasteiger partial charge in [-0.1, -0.05) is 320 Å². The van der Waals surface area contributed by atoms with Crippen molar-refractivity contribution in [2.75, 3.05) is 27.2 Å². The molecule has 2 saturated carbocycles. The first-order valence-electron chi connectivity index (χ1n) is 32.0. The molecule has 0 aromatic rings. The summed E-state index contributed by atoms with van der Waals surface area (Å²) in [6, 6.07) is 1.54. The molecule has 0 spiro atoms. The third-order valence-electron chi connectivity index (χ3n) is 17.2. The van der Waals surface area contributed by atoms with Crippen LogP contribution >= 0.6 is 21.6 Å². The maximum absolute atomic E-state index is 2.81. The van der Waals surface area contributed by atoms with Crippen LogP contribution in [0.15, 0.2) is 0 Å². The first-order chi connectivity index (χ1) is 33.3. The van der Waals surface area contributed by atoms with Crippen molar-refractivity contribution in [3.63, 3.8) is 0 Å².